The molecule has 0 aliphatic heterocycles. The minimum absolute atomic E-state index is 0.131. The van der Waals surface area contributed by atoms with E-state index in [1.807, 2.05) is 44.2 Å². The first-order chi connectivity index (χ1) is 9.56. The number of nitrogens with zero attached hydrogens (tertiary/aromatic N) is 2. The maximum atomic E-state index is 10.8. The highest BCUT2D eigenvalue weighted by molar-refractivity contribution is 7.11. The van der Waals surface area contributed by atoms with E-state index in [0.29, 0.717) is 13.1 Å². The summed E-state index contributed by atoms with van der Waals surface area (Å²) in [6.07, 6.45) is 0.131. The van der Waals surface area contributed by atoms with Gasteiger partial charge in [-0.3, -0.25) is 4.79 Å². The third-order valence-electron chi connectivity index (χ3n) is 3.05. The molecule has 0 atom stereocenters. The third kappa shape index (κ3) is 3.81. The number of thiazole rings is 1. The molecule has 20 heavy (non-hydrogen) atoms. The molecule has 0 spiro atoms. The Morgan fingerprint density at radius 3 is 2.55 bits per heavy atom. The minimum Gasteiger partial charge on any atom is -0.481 e. The highest BCUT2D eigenvalue weighted by Crippen LogP contribution is 2.23. The molecule has 1 aromatic carbocycles. The highest BCUT2D eigenvalue weighted by atomic mass is 32.1. The molecule has 1 N–H and O–H groups in total. The fourth-order valence-corrected chi connectivity index (χ4v) is 3.02. The van der Waals surface area contributed by atoms with Gasteiger partial charge in [0.2, 0.25) is 0 Å². The van der Waals surface area contributed by atoms with Crippen molar-refractivity contribution in [3.05, 3.63) is 45.9 Å². The lowest BCUT2D eigenvalue weighted by Crippen LogP contribution is -2.25. The summed E-state index contributed by atoms with van der Waals surface area (Å²) >= 11 is 1.67. The average Bonchev–Trinajstić information content (AvgIpc) is 2.73. The first-order valence-electron chi connectivity index (χ1n) is 6.51. The topological polar surface area (TPSA) is 53.4 Å². The van der Waals surface area contributed by atoms with E-state index in [-0.39, 0.29) is 6.42 Å². The van der Waals surface area contributed by atoms with Gasteiger partial charge in [0.15, 0.2) is 0 Å². The fraction of sp³-hybridized carbons (Fsp3) is 0.333. The van der Waals surface area contributed by atoms with Crippen LogP contribution in [0.1, 0.15) is 22.0 Å². The van der Waals surface area contributed by atoms with Gasteiger partial charge in [0.1, 0.15) is 0 Å². The van der Waals surface area contributed by atoms with Gasteiger partial charge in [-0.1, -0.05) is 18.2 Å². The fourth-order valence-electron chi connectivity index (χ4n) is 2.06. The van der Waals surface area contributed by atoms with Crippen LogP contribution in [0.5, 0.6) is 0 Å². The number of carbonyl (C=O) groups is 1. The van der Waals surface area contributed by atoms with Crippen LogP contribution >= 0.6 is 11.3 Å². The molecule has 0 saturated heterocycles. The van der Waals surface area contributed by atoms with E-state index in [1.165, 1.54) is 4.88 Å². The van der Waals surface area contributed by atoms with Crippen LogP contribution in [0.3, 0.4) is 0 Å². The van der Waals surface area contributed by atoms with Crippen molar-refractivity contribution >= 4 is 23.0 Å². The van der Waals surface area contributed by atoms with E-state index in [9.17, 15) is 4.79 Å². The van der Waals surface area contributed by atoms with Crippen molar-refractivity contribution in [3.63, 3.8) is 0 Å². The van der Waals surface area contributed by atoms with Crippen LogP contribution < -0.4 is 4.90 Å². The highest BCUT2D eigenvalue weighted by Gasteiger charge is 2.13. The van der Waals surface area contributed by atoms with E-state index < -0.39 is 5.97 Å². The summed E-state index contributed by atoms with van der Waals surface area (Å²) in [5.41, 5.74) is 2.07. The van der Waals surface area contributed by atoms with Crippen LogP contribution in [0.4, 0.5) is 5.69 Å². The molecular weight excluding hydrogens is 272 g/mol. The van der Waals surface area contributed by atoms with Gasteiger partial charge in [0, 0.05) is 17.1 Å². The first kappa shape index (κ1) is 14.5. The molecule has 0 aliphatic carbocycles. The van der Waals surface area contributed by atoms with Crippen LogP contribution in [0, 0.1) is 13.8 Å². The van der Waals surface area contributed by atoms with Crippen molar-refractivity contribution in [2.45, 2.75) is 26.8 Å². The van der Waals surface area contributed by atoms with E-state index in [4.69, 9.17) is 5.11 Å². The second-order valence-corrected chi connectivity index (χ2v) is 5.93. The Balaban J connectivity index is 2.18. The van der Waals surface area contributed by atoms with Gasteiger partial charge >= 0.3 is 5.97 Å². The van der Waals surface area contributed by atoms with Gasteiger partial charge in [-0.15, -0.1) is 11.3 Å². The molecule has 1 aromatic heterocycles. The standard InChI is InChI=1S/C15H18N2O2S/c1-11-14(20-12(2)16-11)10-17(9-8-15(18)19)13-6-4-3-5-7-13/h3-7H,8-10H2,1-2H3,(H,18,19). The van der Waals surface area contributed by atoms with Crippen LogP contribution in [-0.4, -0.2) is 22.6 Å². The molecule has 1 heterocycles. The molecule has 2 rings (SSSR count). The Morgan fingerprint density at radius 1 is 1.30 bits per heavy atom. The van der Waals surface area contributed by atoms with Crippen molar-refractivity contribution in [3.8, 4) is 0 Å². The Labute approximate surface area is 122 Å². The molecule has 0 fully saturated rings. The molecule has 0 unspecified atom stereocenters. The first-order valence-corrected chi connectivity index (χ1v) is 7.32. The predicted octanol–water partition coefficient (Wildman–Crippen LogP) is 3.24. The van der Waals surface area contributed by atoms with Crippen LogP contribution in [-0.2, 0) is 11.3 Å². The number of aryl methyl sites for hydroxylation is 2. The molecule has 5 heteroatoms. The Kier molecular flexibility index (Phi) is 4.74. The summed E-state index contributed by atoms with van der Waals surface area (Å²) < 4.78 is 0. The normalized spacial score (nSPS) is 10.5. The lowest BCUT2D eigenvalue weighted by atomic mass is 10.2. The van der Waals surface area contributed by atoms with Crippen LogP contribution in [0.2, 0.25) is 0 Å². The predicted molar refractivity (Wildman–Crippen MR) is 81.3 cm³/mol. The number of benzene rings is 1. The van der Waals surface area contributed by atoms with Crippen molar-refractivity contribution in [1.82, 2.24) is 4.98 Å². The molecule has 106 valence electrons. The lowest BCUT2D eigenvalue weighted by molar-refractivity contribution is -0.136. The van der Waals surface area contributed by atoms with Gasteiger partial charge in [0.05, 0.1) is 23.7 Å². The number of aliphatic carboxylic acids is 1. The van der Waals surface area contributed by atoms with Gasteiger partial charge in [-0.2, -0.15) is 0 Å². The second kappa shape index (κ2) is 6.52. The molecule has 0 bridgehead atoms. The van der Waals surface area contributed by atoms with Gasteiger partial charge in [-0.05, 0) is 26.0 Å². The van der Waals surface area contributed by atoms with E-state index in [0.717, 1.165) is 16.4 Å². The Hall–Kier alpha value is -1.88. The molecule has 0 amide bonds. The molecule has 2 aromatic rings. The molecule has 4 nitrogen and oxygen atoms in total. The summed E-state index contributed by atoms with van der Waals surface area (Å²) in [7, 11) is 0. The zero-order valence-electron chi connectivity index (χ0n) is 11.7. The SMILES string of the molecule is Cc1nc(C)c(CN(CCC(=O)O)c2ccccc2)s1. The monoisotopic (exact) mass is 290 g/mol. The number of carboxylic acid groups (broad SMARTS) is 1. The summed E-state index contributed by atoms with van der Waals surface area (Å²) in [5.74, 6) is -0.775. The zero-order valence-corrected chi connectivity index (χ0v) is 12.5. The number of aromatic nitrogens is 1. The Morgan fingerprint density at radius 2 is 2.00 bits per heavy atom. The Bertz CT molecular complexity index is 581. The number of carboxylic acids is 1. The zero-order chi connectivity index (χ0) is 14.5. The van der Waals surface area contributed by atoms with Crippen LogP contribution in [0.25, 0.3) is 0 Å². The number of anilines is 1. The number of rotatable bonds is 6. The molecule has 0 saturated carbocycles. The van der Waals surface area contributed by atoms with Crippen molar-refractivity contribution in [2.75, 3.05) is 11.4 Å². The molecule has 0 aliphatic rings. The van der Waals surface area contributed by atoms with Crippen LogP contribution in [0.15, 0.2) is 30.3 Å². The van der Waals surface area contributed by atoms with Gasteiger partial charge in [-0.25, -0.2) is 4.98 Å². The van der Waals surface area contributed by atoms with Gasteiger partial charge in [0.25, 0.3) is 0 Å². The quantitative estimate of drug-likeness (QED) is 0.887. The summed E-state index contributed by atoms with van der Waals surface area (Å²) in [5, 5.41) is 9.94. The maximum Gasteiger partial charge on any atom is 0.305 e. The molecular formula is C15H18N2O2S. The summed E-state index contributed by atoms with van der Waals surface area (Å²) in [4.78, 5) is 18.5. The smallest absolute Gasteiger partial charge is 0.305 e. The number of hydrogen-bond acceptors (Lipinski definition) is 4. The second-order valence-electron chi connectivity index (χ2n) is 4.64. The largest absolute Gasteiger partial charge is 0.481 e. The number of hydrogen-bond donors (Lipinski definition) is 1. The average molecular weight is 290 g/mol. The lowest BCUT2D eigenvalue weighted by Gasteiger charge is -2.23. The van der Waals surface area contributed by atoms with E-state index >= 15 is 0 Å². The maximum absolute atomic E-state index is 10.8. The minimum atomic E-state index is -0.775. The van der Waals surface area contributed by atoms with E-state index in [2.05, 4.69) is 9.88 Å². The van der Waals surface area contributed by atoms with Crippen molar-refractivity contribution in [2.24, 2.45) is 0 Å². The summed E-state index contributed by atoms with van der Waals surface area (Å²) in [6, 6.07) is 9.90. The van der Waals surface area contributed by atoms with Crippen molar-refractivity contribution in [1.29, 1.82) is 0 Å². The summed E-state index contributed by atoms with van der Waals surface area (Å²) in [6.45, 7) is 5.19. The number of para-hydroxylation sites is 1. The van der Waals surface area contributed by atoms with Crippen molar-refractivity contribution < 1.29 is 9.90 Å². The third-order valence-corrected chi connectivity index (χ3v) is 4.11. The van der Waals surface area contributed by atoms with E-state index in [1.54, 1.807) is 11.3 Å². The van der Waals surface area contributed by atoms with Gasteiger partial charge < -0.3 is 10.0 Å². The molecule has 0 radical (unpaired) electrons.